The minimum atomic E-state index is -0.548. The molecule has 0 aliphatic carbocycles. The van der Waals surface area contributed by atoms with E-state index >= 15 is 0 Å². The van der Waals surface area contributed by atoms with Crippen LogP contribution < -0.4 is 10.9 Å². The number of nitrogens with one attached hydrogen (secondary N) is 2. The van der Waals surface area contributed by atoms with Crippen LogP contribution in [0.3, 0.4) is 0 Å². The van der Waals surface area contributed by atoms with Crippen molar-refractivity contribution in [2.75, 3.05) is 0 Å². The van der Waals surface area contributed by atoms with Crippen molar-refractivity contribution in [3.05, 3.63) is 29.8 Å². The average Bonchev–Trinajstić information content (AvgIpc) is 2.18. The summed E-state index contributed by atoms with van der Waals surface area (Å²) in [6.07, 6.45) is -0.548. The molecule has 17 heavy (non-hydrogen) atoms. The second-order valence-corrected chi connectivity index (χ2v) is 4.61. The third kappa shape index (κ3) is 5.21. The fraction of sp³-hybridized carbons (Fsp3) is 0.417. The summed E-state index contributed by atoms with van der Waals surface area (Å²) < 4.78 is 5.03. The molecule has 0 aliphatic heterocycles. The first-order valence-electron chi connectivity index (χ1n) is 5.37. The lowest BCUT2D eigenvalue weighted by Crippen LogP contribution is -2.40. The molecule has 0 fully saturated rings. The van der Waals surface area contributed by atoms with E-state index in [0.717, 1.165) is 0 Å². The monoisotopic (exact) mass is 238 g/mol. The van der Waals surface area contributed by atoms with Crippen LogP contribution in [0.2, 0.25) is 0 Å². The van der Waals surface area contributed by atoms with E-state index in [1.165, 1.54) is 0 Å². The first-order chi connectivity index (χ1) is 7.88. The van der Waals surface area contributed by atoms with Crippen molar-refractivity contribution in [2.24, 2.45) is 0 Å². The molecule has 0 heterocycles. The number of aromatic hydroxyl groups is 1. The van der Waals surface area contributed by atoms with E-state index in [4.69, 9.17) is 4.74 Å². The maximum absolute atomic E-state index is 11.3. The average molecular weight is 238 g/mol. The number of para-hydroxylation sites is 1. The van der Waals surface area contributed by atoms with E-state index in [0.29, 0.717) is 12.1 Å². The van der Waals surface area contributed by atoms with Gasteiger partial charge >= 0.3 is 6.09 Å². The predicted octanol–water partition coefficient (Wildman–Crippen LogP) is 1.92. The molecule has 1 amide bonds. The van der Waals surface area contributed by atoms with Crippen molar-refractivity contribution in [1.82, 2.24) is 10.9 Å². The number of carbonyl (C=O) groups excluding carboxylic acids is 1. The Bertz CT molecular complexity index is 386. The molecule has 0 radical (unpaired) electrons. The molecule has 1 rings (SSSR count). The van der Waals surface area contributed by atoms with Gasteiger partial charge in [0.25, 0.3) is 0 Å². The quantitative estimate of drug-likeness (QED) is 0.704. The summed E-state index contributed by atoms with van der Waals surface area (Å²) in [5, 5.41) is 9.48. The van der Waals surface area contributed by atoms with Gasteiger partial charge in [0.05, 0.1) is 0 Å². The second kappa shape index (κ2) is 5.54. The van der Waals surface area contributed by atoms with Crippen LogP contribution in [0.1, 0.15) is 26.3 Å². The highest BCUT2D eigenvalue weighted by atomic mass is 16.6. The molecular formula is C12H18N2O3. The van der Waals surface area contributed by atoms with Crippen LogP contribution in [0.4, 0.5) is 4.79 Å². The van der Waals surface area contributed by atoms with Crippen molar-refractivity contribution < 1.29 is 14.6 Å². The van der Waals surface area contributed by atoms with E-state index in [1.54, 1.807) is 39.0 Å². The molecule has 0 spiro atoms. The molecule has 0 aromatic heterocycles. The largest absolute Gasteiger partial charge is 0.508 e. The Balaban J connectivity index is 2.34. The number of hydrazine groups is 1. The highest BCUT2D eigenvalue weighted by Crippen LogP contribution is 2.14. The molecule has 1 aromatic carbocycles. The van der Waals surface area contributed by atoms with Crippen molar-refractivity contribution in [1.29, 1.82) is 0 Å². The van der Waals surface area contributed by atoms with Gasteiger partial charge in [-0.05, 0) is 26.8 Å². The summed E-state index contributed by atoms with van der Waals surface area (Å²) >= 11 is 0. The van der Waals surface area contributed by atoms with Crippen LogP contribution in [0.15, 0.2) is 24.3 Å². The molecule has 0 saturated heterocycles. The van der Waals surface area contributed by atoms with Gasteiger partial charge in [0.2, 0.25) is 0 Å². The first-order valence-corrected chi connectivity index (χ1v) is 5.37. The number of benzene rings is 1. The Morgan fingerprint density at radius 2 is 2.00 bits per heavy atom. The Labute approximate surface area is 101 Å². The van der Waals surface area contributed by atoms with Crippen LogP contribution >= 0.6 is 0 Å². The fourth-order valence-corrected chi connectivity index (χ4v) is 1.18. The summed E-state index contributed by atoms with van der Waals surface area (Å²) in [7, 11) is 0. The number of ether oxygens (including phenoxy) is 1. The summed E-state index contributed by atoms with van der Waals surface area (Å²) in [6.45, 7) is 5.69. The molecule has 0 bridgehead atoms. The number of hydrogen-bond donors (Lipinski definition) is 3. The zero-order chi connectivity index (χ0) is 12.9. The minimum Gasteiger partial charge on any atom is -0.508 e. The lowest BCUT2D eigenvalue weighted by atomic mass is 10.2. The predicted molar refractivity (Wildman–Crippen MR) is 64.3 cm³/mol. The van der Waals surface area contributed by atoms with Gasteiger partial charge in [-0.25, -0.2) is 10.2 Å². The Morgan fingerprint density at radius 1 is 1.35 bits per heavy atom. The molecule has 0 aliphatic rings. The first kappa shape index (κ1) is 13.3. The normalized spacial score (nSPS) is 11.0. The molecule has 0 unspecified atom stereocenters. The van der Waals surface area contributed by atoms with Crippen LogP contribution in [-0.4, -0.2) is 16.8 Å². The minimum absolute atomic E-state index is 0.186. The van der Waals surface area contributed by atoms with Crippen molar-refractivity contribution in [2.45, 2.75) is 32.9 Å². The molecular weight excluding hydrogens is 220 g/mol. The van der Waals surface area contributed by atoms with Crippen molar-refractivity contribution >= 4 is 6.09 Å². The Morgan fingerprint density at radius 3 is 2.59 bits per heavy atom. The van der Waals surface area contributed by atoms with E-state index in [-0.39, 0.29) is 5.75 Å². The van der Waals surface area contributed by atoms with E-state index in [1.807, 2.05) is 6.07 Å². The standard InChI is InChI=1S/C12H18N2O3/c1-12(2,3)17-11(16)14-13-8-9-6-4-5-7-10(9)15/h4-7,13,15H,8H2,1-3H3,(H,14,16). The zero-order valence-electron chi connectivity index (χ0n) is 10.3. The fourth-order valence-electron chi connectivity index (χ4n) is 1.18. The lowest BCUT2D eigenvalue weighted by molar-refractivity contribution is 0.0496. The van der Waals surface area contributed by atoms with Gasteiger partial charge < -0.3 is 9.84 Å². The molecule has 0 saturated carbocycles. The number of carbonyl (C=O) groups is 1. The highest BCUT2D eigenvalue weighted by Gasteiger charge is 2.15. The summed E-state index contributed by atoms with van der Waals surface area (Å²) in [5.74, 6) is 0.186. The van der Waals surface area contributed by atoms with Gasteiger partial charge in [0.1, 0.15) is 11.4 Å². The molecule has 0 atom stereocenters. The molecule has 5 nitrogen and oxygen atoms in total. The number of rotatable bonds is 3. The zero-order valence-corrected chi connectivity index (χ0v) is 10.3. The number of phenolic OH excluding ortho intramolecular Hbond substituents is 1. The summed E-state index contributed by atoms with van der Waals surface area (Å²) in [6, 6.07) is 6.90. The Kier molecular flexibility index (Phi) is 4.34. The third-order valence-corrected chi connectivity index (χ3v) is 1.86. The van der Waals surface area contributed by atoms with Crippen LogP contribution in [0, 0.1) is 0 Å². The SMILES string of the molecule is CC(C)(C)OC(=O)NNCc1ccccc1O. The van der Waals surface area contributed by atoms with E-state index < -0.39 is 11.7 Å². The van der Waals surface area contributed by atoms with Gasteiger partial charge in [0, 0.05) is 12.1 Å². The number of amides is 1. The second-order valence-electron chi connectivity index (χ2n) is 4.61. The van der Waals surface area contributed by atoms with Crippen LogP contribution in [-0.2, 0) is 11.3 Å². The van der Waals surface area contributed by atoms with Crippen LogP contribution in [0.5, 0.6) is 5.75 Å². The van der Waals surface area contributed by atoms with Crippen molar-refractivity contribution in [3.63, 3.8) is 0 Å². The summed E-state index contributed by atoms with van der Waals surface area (Å²) in [4.78, 5) is 11.3. The smallest absolute Gasteiger partial charge is 0.422 e. The van der Waals surface area contributed by atoms with Gasteiger partial charge in [-0.15, -0.1) is 0 Å². The third-order valence-electron chi connectivity index (χ3n) is 1.86. The van der Waals surface area contributed by atoms with Gasteiger partial charge in [-0.3, -0.25) is 5.43 Å². The molecule has 5 heteroatoms. The molecule has 3 N–H and O–H groups in total. The number of phenols is 1. The van der Waals surface area contributed by atoms with Crippen LogP contribution in [0.25, 0.3) is 0 Å². The Hall–Kier alpha value is -1.75. The maximum Gasteiger partial charge on any atom is 0.422 e. The number of hydrogen-bond acceptors (Lipinski definition) is 4. The topological polar surface area (TPSA) is 70.6 Å². The molecule has 1 aromatic rings. The van der Waals surface area contributed by atoms with Gasteiger partial charge in [-0.2, -0.15) is 0 Å². The van der Waals surface area contributed by atoms with Gasteiger partial charge in [0.15, 0.2) is 0 Å². The van der Waals surface area contributed by atoms with Crippen molar-refractivity contribution in [3.8, 4) is 5.75 Å². The van der Waals surface area contributed by atoms with Gasteiger partial charge in [-0.1, -0.05) is 18.2 Å². The summed E-state index contributed by atoms with van der Waals surface area (Å²) in [5.41, 5.74) is 5.24. The lowest BCUT2D eigenvalue weighted by Gasteiger charge is -2.19. The molecule has 94 valence electrons. The highest BCUT2D eigenvalue weighted by molar-refractivity contribution is 5.66. The van der Waals surface area contributed by atoms with E-state index in [2.05, 4.69) is 10.9 Å². The van der Waals surface area contributed by atoms with E-state index in [9.17, 15) is 9.90 Å². The maximum atomic E-state index is 11.3.